The quantitative estimate of drug-likeness (QED) is 0.856. The van der Waals surface area contributed by atoms with Gasteiger partial charge in [0.25, 0.3) is 0 Å². The van der Waals surface area contributed by atoms with Gasteiger partial charge < -0.3 is 10.1 Å². The zero-order valence-corrected chi connectivity index (χ0v) is 12.5. The van der Waals surface area contributed by atoms with Crippen LogP contribution in [0.15, 0.2) is 54.6 Å². The molecule has 2 atom stereocenters. The van der Waals surface area contributed by atoms with E-state index in [0.717, 1.165) is 12.2 Å². The number of nitrogens with one attached hydrogen (secondary N) is 1. The molecular formula is C18H23NO. The van der Waals surface area contributed by atoms with Crippen molar-refractivity contribution in [2.75, 3.05) is 7.11 Å². The van der Waals surface area contributed by atoms with E-state index in [1.54, 1.807) is 7.11 Å². The molecule has 0 aliphatic carbocycles. The molecule has 0 radical (unpaired) electrons. The molecule has 1 N–H and O–H groups in total. The summed E-state index contributed by atoms with van der Waals surface area (Å²) in [6, 6.07) is 19.5. The fourth-order valence-electron chi connectivity index (χ4n) is 2.53. The summed E-state index contributed by atoms with van der Waals surface area (Å²) in [5, 5.41) is 3.64. The lowest BCUT2D eigenvalue weighted by molar-refractivity contribution is 0.403. The maximum absolute atomic E-state index is 5.41. The molecule has 2 rings (SSSR count). The lowest BCUT2D eigenvalue weighted by Crippen LogP contribution is -2.30. The average Bonchev–Trinajstić information content (AvgIpc) is 2.48. The molecule has 0 saturated carbocycles. The maximum Gasteiger partial charge on any atom is 0.122 e. The first kappa shape index (κ1) is 14.6. The van der Waals surface area contributed by atoms with Gasteiger partial charge in [-0.1, -0.05) is 48.5 Å². The van der Waals surface area contributed by atoms with Crippen molar-refractivity contribution in [3.8, 4) is 5.75 Å². The molecule has 2 aromatic rings. The minimum atomic E-state index is 0.348. The van der Waals surface area contributed by atoms with Crippen LogP contribution in [0, 0.1) is 0 Å². The molecule has 0 saturated heterocycles. The number of methoxy groups -OCH3 is 1. The fraction of sp³-hybridized carbons (Fsp3) is 0.333. The third-order valence-electron chi connectivity index (χ3n) is 3.55. The van der Waals surface area contributed by atoms with Crippen LogP contribution in [0.1, 0.15) is 31.0 Å². The normalized spacial score (nSPS) is 13.8. The van der Waals surface area contributed by atoms with Gasteiger partial charge in [0.2, 0.25) is 0 Å². The lowest BCUT2D eigenvalue weighted by Gasteiger charge is -2.21. The Hall–Kier alpha value is -1.80. The van der Waals surface area contributed by atoms with Crippen LogP contribution < -0.4 is 10.1 Å². The summed E-state index contributed by atoms with van der Waals surface area (Å²) in [5.74, 6) is 0.966. The van der Waals surface area contributed by atoms with E-state index in [0.29, 0.717) is 12.1 Å². The van der Waals surface area contributed by atoms with Gasteiger partial charge >= 0.3 is 0 Å². The second-order valence-corrected chi connectivity index (χ2v) is 5.22. The lowest BCUT2D eigenvalue weighted by atomic mass is 10.0. The summed E-state index contributed by atoms with van der Waals surface area (Å²) in [6.45, 7) is 4.42. The predicted molar refractivity (Wildman–Crippen MR) is 84.2 cm³/mol. The molecule has 0 heterocycles. The molecule has 0 spiro atoms. The standard InChI is InChI=1S/C18H23NO/c1-14(13-17-11-7-8-12-18(17)20-3)19-15(2)16-9-5-4-6-10-16/h4-12,14-15,19H,13H2,1-3H3/t14-,15+/m0/s1. The second-order valence-electron chi connectivity index (χ2n) is 5.22. The third kappa shape index (κ3) is 3.84. The Morgan fingerprint density at radius 1 is 0.950 bits per heavy atom. The molecule has 106 valence electrons. The van der Waals surface area contributed by atoms with Crippen LogP contribution in [0.2, 0.25) is 0 Å². The first-order chi connectivity index (χ1) is 9.70. The van der Waals surface area contributed by atoms with E-state index < -0.39 is 0 Å². The molecular weight excluding hydrogens is 246 g/mol. The second kappa shape index (κ2) is 7.11. The SMILES string of the molecule is COc1ccccc1C[C@H](C)N[C@H](C)c1ccccc1. The predicted octanol–water partition coefficient (Wildman–Crippen LogP) is 3.98. The van der Waals surface area contributed by atoms with Gasteiger partial charge in [0, 0.05) is 12.1 Å². The summed E-state index contributed by atoms with van der Waals surface area (Å²) in [6.07, 6.45) is 0.960. The molecule has 0 aliphatic rings. The van der Waals surface area contributed by atoms with Gasteiger partial charge in [-0.25, -0.2) is 0 Å². The number of ether oxygens (including phenoxy) is 1. The van der Waals surface area contributed by atoms with Crippen molar-refractivity contribution in [2.24, 2.45) is 0 Å². The van der Waals surface area contributed by atoms with Gasteiger partial charge in [-0.2, -0.15) is 0 Å². The van der Waals surface area contributed by atoms with Crippen LogP contribution in [0.5, 0.6) is 5.75 Å². The van der Waals surface area contributed by atoms with E-state index in [2.05, 4.69) is 61.6 Å². The molecule has 20 heavy (non-hydrogen) atoms. The molecule has 2 aromatic carbocycles. The van der Waals surface area contributed by atoms with Gasteiger partial charge in [-0.15, -0.1) is 0 Å². The van der Waals surface area contributed by atoms with Gasteiger partial charge in [0.05, 0.1) is 7.11 Å². The van der Waals surface area contributed by atoms with Crippen molar-refractivity contribution in [1.82, 2.24) is 5.32 Å². The summed E-state index contributed by atoms with van der Waals surface area (Å²) in [5.41, 5.74) is 2.56. The van der Waals surface area contributed by atoms with E-state index in [9.17, 15) is 0 Å². The largest absolute Gasteiger partial charge is 0.496 e. The highest BCUT2D eigenvalue weighted by Crippen LogP contribution is 2.20. The number of hydrogen-bond acceptors (Lipinski definition) is 2. The highest BCUT2D eigenvalue weighted by Gasteiger charge is 2.11. The van der Waals surface area contributed by atoms with Crippen molar-refractivity contribution in [2.45, 2.75) is 32.4 Å². The highest BCUT2D eigenvalue weighted by atomic mass is 16.5. The van der Waals surface area contributed by atoms with Crippen molar-refractivity contribution < 1.29 is 4.74 Å². The highest BCUT2D eigenvalue weighted by molar-refractivity contribution is 5.33. The Labute approximate surface area is 121 Å². The Balaban J connectivity index is 1.97. The number of rotatable bonds is 6. The summed E-state index contributed by atoms with van der Waals surface area (Å²) in [7, 11) is 1.73. The molecule has 0 fully saturated rings. The van der Waals surface area contributed by atoms with Crippen LogP contribution in [0.25, 0.3) is 0 Å². The Morgan fingerprint density at radius 2 is 1.60 bits per heavy atom. The van der Waals surface area contributed by atoms with E-state index in [1.165, 1.54) is 11.1 Å². The summed E-state index contributed by atoms with van der Waals surface area (Å²) >= 11 is 0. The summed E-state index contributed by atoms with van der Waals surface area (Å²) < 4.78 is 5.41. The van der Waals surface area contributed by atoms with Crippen molar-refractivity contribution >= 4 is 0 Å². The maximum atomic E-state index is 5.41. The van der Waals surface area contributed by atoms with Crippen molar-refractivity contribution in [1.29, 1.82) is 0 Å². The molecule has 0 aromatic heterocycles. The van der Waals surface area contributed by atoms with Crippen LogP contribution in [0.3, 0.4) is 0 Å². The number of benzene rings is 2. The number of para-hydroxylation sites is 1. The van der Waals surface area contributed by atoms with Gasteiger partial charge in [-0.05, 0) is 37.5 Å². The van der Waals surface area contributed by atoms with Gasteiger partial charge in [0.1, 0.15) is 5.75 Å². The average molecular weight is 269 g/mol. The van der Waals surface area contributed by atoms with E-state index in [1.807, 2.05) is 12.1 Å². The topological polar surface area (TPSA) is 21.3 Å². The van der Waals surface area contributed by atoms with Gasteiger partial charge in [0.15, 0.2) is 0 Å². The molecule has 0 aliphatic heterocycles. The summed E-state index contributed by atoms with van der Waals surface area (Å²) in [4.78, 5) is 0. The molecule has 2 nitrogen and oxygen atoms in total. The Morgan fingerprint density at radius 3 is 2.30 bits per heavy atom. The first-order valence-corrected chi connectivity index (χ1v) is 7.13. The Kier molecular flexibility index (Phi) is 5.19. The first-order valence-electron chi connectivity index (χ1n) is 7.13. The smallest absolute Gasteiger partial charge is 0.122 e. The van der Waals surface area contributed by atoms with Crippen LogP contribution in [-0.2, 0) is 6.42 Å². The van der Waals surface area contributed by atoms with Crippen LogP contribution in [-0.4, -0.2) is 13.2 Å². The van der Waals surface area contributed by atoms with E-state index in [-0.39, 0.29) is 0 Å². The third-order valence-corrected chi connectivity index (χ3v) is 3.55. The minimum absolute atomic E-state index is 0.348. The minimum Gasteiger partial charge on any atom is -0.496 e. The Bertz CT molecular complexity index is 524. The van der Waals surface area contributed by atoms with Gasteiger partial charge in [-0.3, -0.25) is 0 Å². The fourth-order valence-corrected chi connectivity index (χ4v) is 2.53. The molecule has 0 bridgehead atoms. The number of hydrogen-bond donors (Lipinski definition) is 1. The molecule has 0 amide bonds. The van der Waals surface area contributed by atoms with Crippen molar-refractivity contribution in [3.05, 3.63) is 65.7 Å². The van der Waals surface area contributed by atoms with Crippen molar-refractivity contribution in [3.63, 3.8) is 0 Å². The van der Waals surface area contributed by atoms with Crippen LogP contribution >= 0.6 is 0 Å². The molecule has 0 unspecified atom stereocenters. The zero-order chi connectivity index (χ0) is 14.4. The van der Waals surface area contributed by atoms with E-state index >= 15 is 0 Å². The zero-order valence-electron chi connectivity index (χ0n) is 12.5. The van der Waals surface area contributed by atoms with Crippen LogP contribution in [0.4, 0.5) is 0 Å². The van der Waals surface area contributed by atoms with E-state index in [4.69, 9.17) is 4.74 Å². The monoisotopic (exact) mass is 269 g/mol. The molecule has 2 heteroatoms.